The Kier molecular flexibility index (Phi) is 5.48. The maximum atomic E-state index is 12.6. The summed E-state index contributed by atoms with van der Waals surface area (Å²) in [5.41, 5.74) is 2.34. The van der Waals surface area contributed by atoms with Gasteiger partial charge in [0.15, 0.2) is 0 Å². The molecule has 146 valence electrons. The van der Waals surface area contributed by atoms with Crippen LogP contribution in [0, 0.1) is 0 Å². The average Bonchev–Trinajstić information content (AvgIpc) is 3.27. The number of fused-ring (bicyclic) bond motifs is 1. The first-order valence-corrected chi connectivity index (χ1v) is 9.75. The molecule has 2 aromatic heterocycles. The maximum Gasteiger partial charge on any atom is 0.261 e. The van der Waals surface area contributed by atoms with Crippen LogP contribution in [0.5, 0.6) is 0 Å². The maximum absolute atomic E-state index is 12.6. The highest BCUT2D eigenvalue weighted by atomic mass is 79.9. The topological polar surface area (TPSA) is 94.7 Å². The molecule has 0 radical (unpaired) electrons. The molecule has 2 aromatic carbocycles. The molecule has 9 heteroatoms. The van der Waals surface area contributed by atoms with Gasteiger partial charge in [-0.3, -0.25) is 14.2 Å². The number of benzene rings is 2. The van der Waals surface area contributed by atoms with E-state index >= 15 is 0 Å². The van der Waals surface area contributed by atoms with Crippen LogP contribution in [0.1, 0.15) is 12.0 Å². The van der Waals surface area contributed by atoms with Crippen LogP contribution in [-0.2, 0) is 17.9 Å². The molecule has 1 amide bonds. The third-order valence-electron chi connectivity index (χ3n) is 4.48. The normalized spacial score (nSPS) is 10.9. The summed E-state index contributed by atoms with van der Waals surface area (Å²) < 4.78 is 3.94. The number of amides is 1. The third-order valence-corrected chi connectivity index (χ3v) is 4.97. The van der Waals surface area contributed by atoms with Crippen LogP contribution in [0.4, 0.5) is 0 Å². The molecule has 29 heavy (non-hydrogen) atoms. The molecule has 0 bridgehead atoms. The van der Waals surface area contributed by atoms with E-state index in [-0.39, 0.29) is 24.4 Å². The second-order valence-corrected chi connectivity index (χ2v) is 7.35. The van der Waals surface area contributed by atoms with E-state index in [0.29, 0.717) is 17.4 Å². The van der Waals surface area contributed by atoms with Crippen molar-refractivity contribution in [1.29, 1.82) is 0 Å². The van der Waals surface area contributed by atoms with Gasteiger partial charge in [-0.1, -0.05) is 28.1 Å². The van der Waals surface area contributed by atoms with Crippen molar-refractivity contribution in [2.24, 2.45) is 0 Å². The van der Waals surface area contributed by atoms with Gasteiger partial charge in [0.05, 0.1) is 22.9 Å². The molecular formula is C20H17BrN6O2. The highest BCUT2D eigenvalue weighted by molar-refractivity contribution is 9.10. The predicted octanol–water partition coefficient (Wildman–Crippen LogP) is 2.45. The van der Waals surface area contributed by atoms with Gasteiger partial charge in [-0.15, -0.1) is 0 Å². The van der Waals surface area contributed by atoms with Crippen LogP contribution in [0.3, 0.4) is 0 Å². The number of carbonyl (C=O) groups excluding carboxylic acids is 1. The minimum atomic E-state index is -0.159. The largest absolute Gasteiger partial charge is 0.352 e. The Morgan fingerprint density at radius 1 is 1.10 bits per heavy atom. The monoisotopic (exact) mass is 452 g/mol. The Bertz CT molecular complexity index is 1200. The van der Waals surface area contributed by atoms with E-state index in [1.807, 2.05) is 30.3 Å². The van der Waals surface area contributed by atoms with Crippen molar-refractivity contribution in [3.05, 3.63) is 81.8 Å². The Hall–Kier alpha value is -3.33. The molecule has 0 saturated carbocycles. The second-order valence-electron chi connectivity index (χ2n) is 6.44. The van der Waals surface area contributed by atoms with Crippen LogP contribution < -0.4 is 10.9 Å². The van der Waals surface area contributed by atoms with Crippen LogP contribution >= 0.6 is 15.9 Å². The lowest BCUT2D eigenvalue weighted by molar-refractivity contribution is -0.121. The number of hydrogen-bond donors (Lipinski definition) is 1. The Labute approximate surface area is 174 Å². The van der Waals surface area contributed by atoms with E-state index in [0.717, 1.165) is 15.7 Å². The third kappa shape index (κ3) is 4.40. The number of hydrogen-bond acceptors (Lipinski definition) is 5. The van der Waals surface area contributed by atoms with E-state index in [1.165, 1.54) is 17.2 Å². The molecule has 0 spiro atoms. The van der Waals surface area contributed by atoms with Crippen molar-refractivity contribution in [3.63, 3.8) is 0 Å². The summed E-state index contributed by atoms with van der Waals surface area (Å²) in [4.78, 5) is 33.0. The second kappa shape index (κ2) is 8.36. The smallest absolute Gasteiger partial charge is 0.261 e. The van der Waals surface area contributed by atoms with E-state index in [9.17, 15) is 9.59 Å². The van der Waals surface area contributed by atoms with Crippen molar-refractivity contribution < 1.29 is 4.79 Å². The Balaban J connectivity index is 1.34. The SMILES string of the molecule is O=C(CCn1cnc2ccc(Br)cc2c1=O)NCc1ccc(-n2cncn2)cc1. The number of nitrogens with zero attached hydrogens (tertiary/aromatic N) is 5. The zero-order chi connectivity index (χ0) is 20.2. The van der Waals surface area contributed by atoms with Gasteiger partial charge in [-0.25, -0.2) is 14.6 Å². The Morgan fingerprint density at radius 2 is 1.93 bits per heavy atom. The summed E-state index contributed by atoms with van der Waals surface area (Å²) in [7, 11) is 0. The van der Waals surface area contributed by atoms with Crippen LogP contribution in [-0.4, -0.2) is 30.2 Å². The number of nitrogens with one attached hydrogen (secondary N) is 1. The summed E-state index contributed by atoms with van der Waals surface area (Å²) in [6, 6.07) is 13.0. The fraction of sp³-hybridized carbons (Fsp3) is 0.150. The number of carbonyl (C=O) groups is 1. The number of aromatic nitrogens is 5. The lowest BCUT2D eigenvalue weighted by atomic mass is 10.2. The van der Waals surface area contributed by atoms with Gasteiger partial charge in [0, 0.05) is 24.0 Å². The fourth-order valence-electron chi connectivity index (χ4n) is 2.91. The summed E-state index contributed by atoms with van der Waals surface area (Å²) >= 11 is 3.36. The predicted molar refractivity (Wildman–Crippen MR) is 112 cm³/mol. The highest BCUT2D eigenvalue weighted by Gasteiger charge is 2.07. The molecule has 8 nitrogen and oxygen atoms in total. The van der Waals surface area contributed by atoms with E-state index < -0.39 is 0 Å². The lowest BCUT2D eigenvalue weighted by Crippen LogP contribution is -2.27. The van der Waals surface area contributed by atoms with Gasteiger partial charge in [0.25, 0.3) is 5.56 Å². The van der Waals surface area contributed by atoms with Crippen molar-refractivity contribution in [2.45, 2.75) is 19.5 Å². The van der Waals surface area contributed by atoms with Crippen molar-refractivity contribution >= 4 is 32.7 Å². The first-order valence-electron chi connectivity index (χ1n) is 8.95. The molecule has 0 aliphatic heterocycles. The van der Waals surface area contributed by atoms with Crippen molar-refractivity contribution in [2.75, 3.05) is 0 Å². The first kappa shape index (κ1) is 19.0. The molecule has 0 fully saturated rings. The van der Waals surface area contributed by atoms with E-state index in [4.69, 9.17) is 0 Å². The molecule has 0 unspecified atom stereocenters. The lowest BCUT2D eigenvalue weighted by Gasteiger charge is -2.08. The van der Waals surface area contributed by atoms with Crippen LogP contribution in [0.15, 0.2) is 70.7 Å². The van der Waals surface area contributed by atoms with E-state index in [1.54, 1.807) is 23.1 Å². The molecule has 0 aliphatic carbocycles. The minimum absolute atomic E-state index is 0.133. The number of rotatable bonds is 6. The molecule has 0 atom stereocenters. The first-order chi connectivity index (χ1) is 14.1. The van der Waals surface area contributed by atoms with Gasteiger partial charge in [0.2, 0.25) is 5.91 Å². The number of aryl methyl sites for hydroxylation is 1. The van der Waals surface area contributed by atoms with Gasteiger partial charge >= 0.3 is 0 Å². The van der Waals surface area contributed by atoms with Crippen LogP contribution in [0.25, 0.3) is 16.6 Å². The molecule has 2 heterocycles. The average molecular weight is 453 g/mol. The molecular weight excluding hydrogens is 436 g/mol. The minimum Gasteiger partial charge on any atom is -0.352 e. The quantitative estimate of drug-likeness (QED) is 0.484. The summed E-state index contributed by atoms with van der Waals surface area (Å²) in [6.07, 6.45) is 4.77. The van der Waals surface area contributed by atoms with Gasteiger partial charge < -0.3 is 5.32 Å². The van der Waals surface area contributed by atoms with Crippen LogP contribution in [0.2, 0.25) is 0 Å². The zero-order valence-corrected chi connectivity index (χ0v) is 16.9. The molecule has 4 rings (SSSR count). The fourth-order valence-corrected chi connectivity index (χ4v) is 3.27. The summed E-state index contributed by atoms with van der Waals surface area (Å²) in [6.45, 7) is 0.680. The Morgan fingerprint density at radius 3 is 2.69 bits per heavy atom. The molecule has 0 aliphatic rings. The van der Waals surface area contributed by atoms with Gasteiger partial charge in [-0.05, 0) is 35.9 Å². The summed E-state index contributed by atoms with van der Waals surface area (Å²) in [5, 5.41) is 7.47. The zero-order valence-electron chi connectivity index (χ0n) is 15.3. The van der Waals surface area contributed by atoms with Crippen molar-refractivity contribution in [3.8, 4) is 5.69 Å². The highest BCUT2D eigenvalue weighted by Crippen LogP contribution is 2.15. The van der Waals surface area contributed by atoms with Gasteiger partial charge in [-0.2, -0.15) is 5.10 Å². The van der Waals surface area contributed by atoms with Gasteiger partial charge in [0.1, 0.15) is 12.7 Å². The molecule has 4 aromatic rings. The molecule has 0 saturated heterocycles. The molecule has 1 N–H and O–H groups in total. The van der Waals surface area contributed by atoms with Crippen molar-refractivity contribution in [1.82, 2.24) is 29.6 Å². The van der Waals surface area contributed by atoms with E-state index in [2.05, 4.69) is 36.3 Å². The standard InChI is InChI=1S/C20H17BrN6O2/c21-15-3-6-18-17(9-15)20(29)26(13-24-18)8-7-19(28)23-10-14-1-4-16(5-2-14)27-12-22-11-25-27/h1-6,9,11-13H,7-8,10H2,(H,23,28). The number of halogens is 1. The summed E-state index contributed by atoms with van der Waals surface area (Å²) in [5.74, 6) is -0.133.